The van der Waals surface area contributed by atoms with Crippen LogP contribution in [0.4, 0.5) is 0 Å². The zero-order valence-corrected chi connectivity index (χ0v) is 13.6. The number of fused-ring (bicyclic) bond motifs is 4. The molecule has 1 saturated heterocycles. The van der Waals surface area contributed by atoms with Crippen LogP contribution in [0.15, 0.2) is 12.2 Å². The summed E-state index contributed by atoms with van der Waals surface area (Å²) in [5, 5.41) is 0. The third kappa shape index (κ3) is 1.37. The van der Waals surface area contributed by atoms with E-state index in [0.717, 1.165) is 19.3 Å². The second-order valence-electron chi connectivity index (χ2n) is 8.71. The van der Waals surface area contributed by atoms with Gasteiger partial charge in [-0.15, -0.1) is 0 Å². The highest BCUT2D eigenvalue weighted by molar-refractivity contribution is 6.00. The van der Waals surface area contributed by atoms with Gasteiger partial charge in [0.1, 0.15) is 17.2 Å². The van der Waals surface area contributed by atoms with Crippen molar-refractivity contribution in [3.05, 3.63) is 12.2 Å². The molecule has 4 aliphatic carbocycles. The van der Waals surface area contributed by atoms with Crippen molar-refractivity contribution >= 4 is 17.3 Å². The van der Waals surface area contributed by atoms with E-state index in [-0.39, 0.29) is 35.3 Å². The first-order valence-corrected chi connectivity index (χ1v) is 8.80. The smallest absolute Gasteiger partial charge is 0.187 e. The molecule has 1 aliphatic heterocycles. The molecule has 0 bridgehead atoms. The standard InChI is InChI=1S/C19H22O4/c1-17-9-13(21)15-10(11(17)3-4-14(17)22)5-8-19-16(23-19)12(20)6-7-18(15,19)2/h6-7,10-11,15-16H,3-5,8-9H2,1-2H3/t10-,11-,15+,16+,17-,18+,19+/m0/s1. The molecule has 0 amide bonds. The Morgan fingerprint density at radius 2 is 1.96 bits per heavy atom. The molecular formula is C19H22O4. The molecule has 23 heavy (non-hydrogen) atoms. The summed E-state index contributed by atoms with van der Waals surface area (Å²) in [5.41, 5.74) is -1.29. The van der Waals surface area contributed by atoms with Crippen LogP contribution in [0.2, 0.25) is 0 Å². The number of rotatable bonds is 0. The lowest BCUT2D eigenvalue weighted by atomic mass is 9.46. The summed E-state index contributed by atoms with van der Waals surface area (Å²) >= 11 is 0. The zero-order chi connectivity index (χ0) is 16.2. The molecule has 122 valence electrons. The van der Waals surface area contributed by atoms with Gasteiger partial charge in [-0.25, -0.2) is 0 Å². The normalized spacial score (nSPS) is 56.7. The predicted molar refractivity (Wildman–Crippen MR) is 81.5 cm³/mol. The number of hydrogen-bond acceptors (Lipinski definition) is 4. The molecule has 0 aromatic heterocycles. The number of ketones is 3. The van der Waals surface area contributed by atoms with Crippen LogP contribution in [0.1, 0.15) is 46.0 Å². The summed E-state index contributed by atoms with van der Waals surface area (Å²) in [6.45, 7) is 4.11. The summed E-state index contributed by atoms with van der Waals surface area (Å²) in [6, 6.07) is 0. The van der Waals surface area contributed by atoms with Gasteiger partial charge in [0.25, 0.3) is 0 Å². The molecule has 0 N–H and O–H groups in total. The number of ether oxygens (including phenoxy) is 1. The predicted octanol–water partition coefficient (Wildman–Crippen LogP) is 2.25. The number of hydrogen-bond donors (Lipinski definition) is 0. The molecule has 0 radical (unpaired) electrons. The molecule has 1 heterocycles. The van der Waals surface area contributed by atoms with E-state index in [2.05, 4.69) is 6.92 Å². The number of carbonyl (C=O) groups excluding carboxylic acids is 3. The molecular weight excluding hydrogens is 292 g/mol. The van der Waals surface area contributed by atoms with Crippen LogP contribution in [-0.4, -0.2) is 29.1 Å². The Hall–Kier alpha value is -1.29. The largest absolute Gasteiger partial charge is 0.356 e. The molecule has 4 fully saturated rings. The number of carbonyl (C=O) groups is 3. The van der Waals surface area contributed by atoms with Gasteiger partial charge in [-0.3, -0.25) is 14.4 Å². The highest BCUT2D eigenvalue weighted by atomic mass is 16.6. The van der Waals surface area contributed by atoms with E-state index in [0.29, 0.717) is 18.8 Å². The van der Waals surface area contributed by atoms with Crippen LogP contribution in [-0.2, 0) is 19.1 Å². The first-order valence-electron chi connectivity index (χ1n) is 8.80. The van der Waals surface area contributed by atoms with Crippen LogP contribution in [0.3, 0.4) is 0 Å². The Morgan fingerprint density at radius 1 is 1.17 bits per heavy atom. The van der Waals surface area contributed by atoms with E-state index in [9.17, 15) is 14.4 Å². The molecule has 5 rings (SSSR count). The Bertz CT molecular complexity index is 693. The average molecular weight is 314 g/mol. The topological polar surface area (TPSA) is 63.7 Å². The lowest BCUT2D eigenvalue weighted by Gasteiger charge is -2.55. The van der Waals surface area contributed by atoms with Crippen molar-refractivity contribution in [2.75, 3.05) is 0 Å². The maximum absolute atomic E-state index is 13.1. The van der Waals surface area contributed by atoms with Gasteiger partial charge in [0.15, 0.2) is 11.9 Å². The Morgan fingerprint density at radius 3 is 2.74 bits per heavy atom. The van der Waals surface area contributed by atoms with Crippen LogP contribution >= 0.6 is 0 Å². The van der Waals surface area contributed by atoms with Crippen molar-refractivity contribution < 1.29 is 19.1 Å². The van der Waals surface area contributed by atoms with E-state index in [1.807, 2.05) is 13.0 Å². The van der Waals surface area contributed by atoms with E-state index in [1.165, 1.54) is 0 Å². The first kappa shape index (κ1) is 14.1. The number of Topliss-reactive ketones (excluding diaryl/α,β-unsaturated/α-hetero) is 2. The van der Waals surface area contributed by atoms with Gasteiger partial charge in [-0.05, 0) is 37.2 Å². The van der Waals surface area contributed by atoms with E-state index < -0.39 is 16.4 Å². The Labute approximate surface area is 135 Å². The molecule has 5 aliphatic rings. The second kappa shape index (κ2) is 3.85. The minimum atomic E-state index is -0.452. The molecule has 0 unspecified atom stereocenters. The number of epoxide rings is 1. The van der Waals surface area contributed by atoms with Gasteiger partial charge < -0.3 is 4.74 Å². The Balaban J connectivity index is 1.62. The SMILES string of the molecule is C[C@]12CC(=O)[C@H]3[C@@H](CC[C@@]45O[C@@H]4C(=O)C=C[C@]35C)[C@@H]1CCC2=O. The third-order valence-electron chi connectivity index (χ3n) is 7.92. The minimum Gasteiger partial charge on any atom is -0.356 e. The zero-order valence-electron chi connectivity index (χ0n) is 13.6. The first-order chi connectivity index (χ1) is 10.8. The van der Waals surface area contributed by atoms with Crippen molar-refractivity contribution in [2.45, 2.75) is 57.7 Å². The van der Waals surface area contributed by atoms with Crippen LogP contribution < -0.4 is 0 Å². The van der Waals surface area contributed by atoms with Crippen LogP contribution in [0, 0.1) is 28.6 Å². The average Bonchev–Trinajstić information content (AvgIpc) is 3.17. The molecule has 4 heteroatoms. The molecule has 0 aromatic carbocycles. The lowest BCUT2D eigenvalue weighted by Crippen LogP contribution is -2.60. The van der Waals surface area contributed by atoms with Gasteiger partial charge in [-0.1, -0.05) is 19.9 Å². The fraction of sp³-hybridized carbons (Fsp3) is 0.737. The molecule has 1 spiro atoms. The molecule has 3 saturated carbocycles. The monoisotopic (exact) mass is 314 g/mol. The summed E-state index contributed by atoms with van der Waals surface area (Å²) in [6.07, 6.45) is 6.87. The summed E-state index contributed by atoms with van der Waals surface area (Å²) < 4.78 is 5.91. The van der Waals surface area contributed by atoms with Gasteiger partial charge >= 0.3 is 0 Å². The third-order valence-corrected chi connectivity index (χ3v) is 7.92. The quantitative estimate of drug-likeness (QED) is 0.643. The summed E-state index contributed by atoms with van der Waals surface area (Å²) in [5.74, 6) is 0.995. The second-order valence-corrected chi connectivity index (χ2v) is 8.71. The molecule has 0 aromatic rings. The Kier molecular flexibility index (Phi) is 2.36. The van der Waals surface area contributed by atoms with E-state index >= 15 is 0 Å². The van der Waals surface area contributed by atoms with Gasteiger partial charge in [0.05, 0.1) is 0 Å². The fourth-order valence-electron chi connectivity index (χ4n) is 6.67. The highest BCUT2D eigenvalue weighted by Gasteiger charge is 2.76. The van der Waals surface area contributed by atoms with Gasteiger partial charge in [0, 0.05) is 29.6 Å². The van der Waals surface area contributed by atoms with Crippen molar-refractivity contribution in [1.82, 2.24) is 0 Å². The summed E-state index contributed by atoms with van der Waals surface area (Å²) in [4.78, 5) is 37.5. The maximum atomic E-state index is 13.1. The van der Waals surface area contributed by atoms with Crippen LogP contribution in [0.5, 0.6) is 0 Å². The summed E-state index contributed by atoms with van der Waals surface area (Å²) in [7, 11) is 0. The van der Waals surface area contributed by atoms with Gasteiger partial charge in [-0.2, -0.15) is 0 Å². The van der Waals surface area contributed by atoms with E-state index in [4.69, 9.17) is 4.74 Å². The fourth-order valence-corrected chi connectivity index (χ4v) is 6.67. The lowest BCUT2D eigenvalue weighted by molar-refractivity contribution is -0.154. The van der Waals surface area contributed by atoms with Crippen molar-refractivity contribution in [3.8, 4) is 0 Å². The van der Waals surface area contributed by atoms with Crippen molar-refractivity contribution in [2.24, 2.45) is 28.6 Å². The van der Waals surface area contributed by atoms with Crippen molar-refractivity contribution in [1.29, 1.82) is 0 Å². The van der Waals surface area contributed by atoms with Gasteiger partial charge in [0.2, 0.25) is 0 Å². The van der Waals surface area contributed by atoms with Crippen molar-refractivity contribution in [3.63, 3.8) is 0 Å². The maximum Gasteiger partial charge on any atom is 0.187 e. The minimum absolute atomic E-state index is 0.0464. The van der Waals surface area contributed by atoms with Crippen LogP contribution in [0.25, 0.3) is 0 Å². The molecule has 4 nitrogen and oxygen atoms in total. The van der Waals surface area contributed by atoms with E-state index in [1.54, 1.807) is 6.08 Å². The molecule has 7 atom stereocenters. The highest BCUT2D eigenvalue weighted by Crippen LogP contribution is 2.69.